The van der Waals surface area contributed by atoms with E-state index >= 15 is 0 Å². The molecule has 1 fully saturated rings. The van der Waals surface area contributed by atoms with Gasteiger partial charge in [0.2, 0.25) is 5.13 Å². The Kier molecular flexibility index (Phi) is 6.43. The molecule has 0 aliphatic carbocycles. The SMILES string of the molecule is CCc1nnc(Nc2cccc(C3CN(C(=O)c4cccc(C)c4OC)CCO3)n2)s1. The van der Waals surface area contributed by atoms with Crippen molar-refractivity contribution in [1.82, 2.24) is 20.1 Å². The number of aryl methyl sites for hydroxylation is 2. The number of nitrogens with one attached hydrogen (secondary N) is 1. The zero-order valence-corrected chi connectivity index (χ0v) is 18.6. The number of morpholine rings is 1. The summed E-state index contributed by atoms with van der Waals surface area (Å²) in [6.45, 7) is 5.37. The van der Waals surface area contributed by atoms with E-state index in [-0.39, 0.29) is 12.0 Å². The molecule has 0 saturated carbocycles. The quantitative estimate of drug-likeness (QED) is 0.625. The largest absolute Gasteiger partial charge is 0.496 e. The van der Waals surface area contributed by atoms with Crippen LogP contribution < -0.4 is 10.1 Å². The fourth-order valence-corrected chi connectivity index (χ4v) is 4.22. The Morgan fingerprint density at radius 2 is 2.13 bits per heavy atom. The van der Waals surface area contributed by atoms with Gasteiger partial charge in [0.15, 0.2) is 0 Å². The maximum absolute atomic E-state index is 13.2. The summed E-state index contributed by atoms with van der Waals surface area (Å²) in [6.07, 6.45) is 0.536. The van der Waals surface area contributed by atoms with Crippen molar-refractivity contribution in [2.45, 2.75) is 26.4 Å². The molecule has 4 rings (SSSR count). The normalized spacial score (nSPS) is 16.2. The molecule has 9 heteroatoms. The molecule has 1 aliphatic heterocycles. The number of pyridine rings is 1. The highest BCUT2D eigenvalue weighted by Gasteiger charge is 2.29. The molecular formula is C22H25N5O3S. The second-order valence-corrected chi connectivity index (χ2v) is 8.26. The molecule has 31 heavy (non-hydrogen) atoms. The number of aromatic nitrogens is 3. The first-order valence-corrected chi connectivity index (χ1v) is 11.0. The number of hydrogen-bond acceptors (Lipinski definition) is 8. The highest BCUT2D eigenvalue weighted by Crippen LogP contribution is 2.28. The topological polar surface area (TPSA) is 89.5 Å². The molecule has 1 saturated heterocycles. The van der Waals surface area contributed by atoms with Gasteiger partial charge in [-0.1, -0.05) is 36.5 Å². The fourth-order valence-electron chi connectivity index (χ4n) is 3.53. The van der Waals surface area contributed by atoms with Crippen LogP contribution in [0, 0.1) is 6.92 Å². The van der Waals surface area contributed by atoms with E-state index in [2.05, 4.69) is 20.5 Å². The molecule has 3 aromatic rings. The van der Waals surface area contributed by atoms with Gasteiger partial charge >= 0.3 is 0 Å². The van der Waals surface area contributed by atoms with Gasteiger partial charge in [0, 0.05) is 6.54 Å². The van der Waals surface area contributed by atoms with Crippen LogP contribution in [0.3, 0.4) is 0 Å². The molecule has 1 aliphatic rings. The molecule has 1 N–H and O–H groups in total. The third-order valence-corrected chi connectivity index (χ3v) is 6.09. The average Bonchev–Trinajstić information content (AvgIpc) is 3.26. The summed E-state index contributed by atoms with van der Waals surface area (Å²) >= 11 is 1.51. The van der Waals surface area contributed by atoms with E-state index in [1.54, 1.807) is 18.1 Å². The van der Waals surface area contributed by atoms with Crippen molar-refractivity contribution in [3.05, 3.63) is 58.2 Å². The van der Waals surface area contributed by atoms with Gasteiger partial charge in [-0.15, -0.1) is 10.2 Å². The van der Waals surface area contributed by atoms with E-state index in [9.17, 15) is 4.79 Å². The molecule has 0 spiro atoms. The highest BCUT2D eigenvalue weighted by atomic mass is 32.1. The molecule has 1 amide bonds. The Labute approximate surface area is 185 Å². The Balaban J connectivity index is 1.50. The fraction of sp³-hybridized carbons (Fsp3) is 0.364. The van der Waals surface area contributed by atoms with Crippen LogP contribution in [0.15, 0.2) is 36.4 Å². The number of rotatable bonds is 6. The van der Waals surface area contributed by atoms with Crippen LogP contribution >= 0.6 is 11.3 Å². The summed E-state index contributed by atoms with van der Waals surface area (Å²) in [6, 6.07) is 11.3. The lowest BCUT2D eigenvalue weighted by Gasteiger charge is -2.33. The highest BCUT2D eigenvalue weighted by molar-refractivity contribution is 7.15. The summed E-state index contributed by atoms with van der Waals surface area (Å²) < 4.78 is 11.4. The van der Waals surface area contributed by atoms with Crippen LogP contribution in [-0.4, -0.2) is 52.8 Å². The molecule has 162 valence electrons. The number of anilines is 2. The Hall–Kier alpha value is -3.04. The van der Waals surface area contributed by atoms with Crippen molar-refractivity contribution in [1.29, 1.82) is 0 Å². The van der Waals surface area contributed by atoms with E-state index in [0.717, 1.165) is 22.7 Å². The van der Waals surface area contributed by atoms with Crippen LogP contribution in [0.25, 0.3) is 0 Å². The van der Waals surface area contributed by atoms with Crippen molar-refractivity contribution in [3.63, 3.8) is 0 Å². The monoisotopic (exact) mass is 439 g/mol. The van der Waals surface area contributed by atoms with Crippen molar-refractivity contribution in [3.8, 4) is 5.75 Å². The van der Waals surface area contributed by atoms with E-state index in [0.29, 0.717) is 42.0 Å². The van der Waals surface area contributed by atoms with Gasteiger partial charge in [-0.3, -0.25) is 4.79 Å². The zero-order chi connectivity index (χ0) is 21.8. The molecule has 3 heterocycles. The van der Waals surface area contributed by atoms with Gasteiger partial charge in [-0.2, -0.15) is 0 Å². The van der Waals surface area contributed by atoms with Gasteiger partial charge in [-0.25, -0.2) is 4.98 Å². The predicted octanol–water partition coefficient (Wildman–Crippen LogP) is 3.77. The maximum Gasteiger partial charge on any atom is 0.257 e. The molecule has 1 aromatic carbocycles. The van der Waals surface area contributed by atoms with Crippen molar-refractivity contribution in [2.24, 2.45) is 0 Å². The molecule has 0 radical (unpaired) electrons. The third-order valence-electron chi connectivity index (χ3n) is 5.10. The average molecular weight is 440 g/mol. The maximum atomic E-state index is 13.2. The van der Waals surface area contributed by atoms with Crippen LogP contribution in [0.2, 0.25) is 0 Å². The van der Waals surface area contributed by atoms with Gasteiger partial charge in [0.25, 0.3) is 5.91 Å². The summed E-state index contributed by atoms with van der Waals surface area (Å²) in [5.41, 5.74) is 2.26. The summed E-state index contributed by atoms with van der Waals surface area (Å²) in [7, 11) is 1.59. The summed E-state index contributed by atoms with van der Waals surface area (Å²) in [5, 5.41) is 13.1. The Morgan fingerprint density at radius 3 is 2.90 bits per heavy atom. The van der Waals surface area contributed by atoms with E-state index in [4.69, 9.17) is 9.47 Å². The number of carbonyl (C=O) groups is 1. The number of para-hydroxylation sites is 1. The summed E-state index contributed by atoms with van der Waals surface area (Å²) in [5.74, 6) is 1.22. The van der Waals surface area contributed by atoms with Gasteiger partial charge in [-0.05, 0) is 37.1 Å². The second-order valence-electron chi connectivity index (χ2n) is 7.19. The first-order valence-electron chi connectivity index (χ1n) is 10.2. The first-order chi connectivity index (χ1) is 15.1. The Morgan fingerprint density at radius 1 is 1.29 bits per heavy atom. The third kappa shape index (κ3) is 4.67. The van der Waals surface area contributed by atoms with E-state index in [1.807, 2.05) is 44.2 Å². The number of amides is 1. The number of nitrogens with zero attached hydrogens (tertiary/aromatic N) is 4. The summed E-state index contributed by atoms with van der Waals surface area (Å²) in [4.78, 5) is 19.7. The van der Waals surface area contributed by atoms with E-state index < -0.39 is 0 Å². The Bertz CT molecular complexity index is 1070. The van der Waals surface area contributed by atoms with Crippen molar-refractivity contribution in [2.75, 3.05) is 32.1 Å². The number of carbonyl (C=O) groups excluding carboxylic acids is 1. The number of ether oxygens (including phenoxy) is 2. The molecule has 8 nitrogen and oxygen atoms in total. The lowest BCUT2D eigenvalue weighted by molar-refractivity contribution is -0.0247. The number of hydrogen-bond donors (Lipinski definition) is 1. The smallest absolute Gasteiger partial charge is 0.257 e. The number of methoxy groups -OCH3 is 1. The van der Waals surface area contributed by atoms with Crippen LogP contribution in [0.1, 0.15) is 39.7 Å². The molecular weight excluding hydrogens is 414 g/mol. The molecule has 1 atom stereocenters. The minimum atomic E-state index is -0.309. The second kappa shape index (κ2) is 9.40. The zero-order valence-electron chi connectivity index (χ0n) is 17.8. The standard InChI is InChI=1S/C22H25N5O3S/c1-4-19-25-26-22(31-19)24-18-10-6-9-16(23-18)17-13-27(11-12-30-17)21(28)15-8-5-7-14(2)20(15)29-3/h5-10,17H,4,11-13H2,1-3H3,(H,23,24,26). The lowest BCUT2D eigenvalue weighted by Crippen LogP contribution is -2.42. The van der Waals surface area contributed by atoms with Crippen LogP contribution in [0.5, 0.6) is 5.75 Å². The lowest BCUT2D eigenvalue weighted by atomic mass is 10.1. The molecule has 0 bridgehead atoms. The van der Waals surface area contributed by atoms with E-state index in [1.165, 1.54) is 11.3 Å². The van der Waals surface area contributed by atoms with Gasteiger partial charge in [0.1, 0.15) is 22.7 Å². The minimum absolute atomic E-state index is 0.0657. The van der Waals surface area contributed by atoms with Crippen molar-refractivity contribution >= 4 is 28.2 Å². The van der Waals surface area contributed by atoms with Gasteiger partial charge in [0.05, 0.1) is 31.5 Å². The van der Waals surface area contributed by atoms with Crippen LogP contribution in [0.4, 0.5) is 10.9 Å². The minimum Gasteiger partial charge on any atom is -0.496 e. The molecule has 2 aromatic heterocycles. The van der Waals surface area contributed by atoms with Crippen molar-refractivity contribution < 1.29 is 14.3 Å². The number of benzene rings is 1. The van der Waals surface area contributed by atoms with Crippen LogP contribution in [-0.2, 0) is 11.2 Å². The van der Waals surface area contributed by atoms with Gasteiger partial charge < -0.3 is 19.7 Å². The first kappa shape index (κ1) is 21.2. The predicted molar refractivity (Wildman–Crippen MR) is 119 cm³/mol. The molecule has 1 unspecified atom stereocenters.